The number of Topliss-reactive ketones (excluding diaryl/α,β-unsaturated/α-hetero) is 1. The van der Waals surface area contributed by atoms with Gasteiger partial charge in [0.25, 0.3) is 5.79 Å². The monoisotopic (exact) mass is 448 g/mol. The largest absolute Gasteiger partial charge is 0.455 e. The quantitative estimate of drug-likeness (QED) is 0.543. The molecule has 9 heteroatoms. The predicted octanol–water partition coefficient (Wildman–Crippen LogP) is 3.37. The molecule has 4 rings (SSSR count). The van der Waals surface area contributed by atoms with Crippen LogP contribution in [0.1, 0.15) is 57.6 Å². The van der Waals surface area contributed by atoms with Gasteiger partial charge in [-0.25, -0.2) is 4.57 Å². The standard InChI is InChI=1S/C22H29N2O6P/c1-5-28-31(27,29-6-2)24-21-15-11-10-14(13(3)4)12-18(15)30-22(21,26)16-8-7-9-17(23)19(16)20(21)25/h8,10-13,26H,5-7,9,23H2,1-4H3,(H,24,27). The SMILES string of the molecule is CCOP(=O)(NC12C(=O)C3=C(N)CCC=C3C1(O)Oc1cc(C(C)C)ccc12)OCC. The summed E-state index contributed by atoms with van der Waals surface area (Å²) in [5, 5.41) is 14.7. The minimum Gasteiger partial charge on any atom is -0.455 e. The van der Waals surface area contributed by atoms with Crippen molar-refractivity contribution in [2.45, 2.75) is 57.8 Å². The molecule has 0 bridgehead atoms. The Labute approximate surface area is 182 Å². The number of fused-ring (bicyclic) bond motifs is 5. The summed E-state index contributed by atoms with van der Waals surface area (Å²) in [6.45, 7) is 7.58. The third kappa shape index (κ3) is 3.04. The second-order valence-electron chi connectivity index (χ2n) is 8.24. The fourth-order valence-electron chi connectivity index (χ4n) is 4.61. The van der Waals surface area contributed by atoms with Crippen molar-refractivity contribution < 1.29 is 28.3 Å². The van der Waals surface area contributed by atoms with E-state index in [1.54, 1.807) is 32.1 Å². The number of benzene rings is 1. The van der Waals surface area contributed by atoms with E-state index < -0.39 is 24.9 Å². The minimum atomic E-state index is -3.99. The molecule has 1 aliphatic heterocycles. The van der Waals surface area contributed by atoms with E-state index in [-0.39, 0.29) is 30.3 Å². The van der Waals surface area contributed by atoms with Crippen LogP contribution in [-0.2, 0) is 23.9 Å². The molecule has 2 atom stereocenters. The number of allylic oxidation sites excluding steroid dienone is 2. The Balaban J connectivity index is 1.98. The third-order valence-electron chi connectivity index (χ3n) is 6.03. The van der Waals surface area contributed by atoms with Crippen LogP contribution in [0.5, 0.6) is 5.75 Å². The molecule has 2 aliphatic carbocycles. The van der Waals surface area contributed by atoms with E-state index in [4.69, 9.17) is 19.5 Å². The first-order valence-corrected chi connectivity index (χ1v) is 12.2. The van der Waals surface area contributed by atoms with E-state index in [2.05, 4.69) is 5.09 Å². The molecule has 0 spiro atoms. The fourth-order valence-corrected chi connectivity index (χ4v) is 6.28. The van der Waals surface area contributed by atoms with Gasteiger partial charge in [0.1, 0.15) is 5.75 Å². The smallest absolute Gasteiger partial charge is 0.406 e. The highest BCUT2D eigenvalue weighted by Gasteiger charge is 2.74. The Morgan fingerprint density at radius 2 is 1.97 bits per heavy atom. The normalized spacial score (nSPS) is 27.2. The Hall–Kier alpha value is -1.96. The van der Waals surface area contributed by atoms with Gasteiger partial charge in [-0.15, -0.1) is 0 Å². The maximum atomic E-state index is 13.9. The van der Waals surface area contributed by atoms with Crippen molar-refractivity contribution in [1.29, 1.82) is 0 Å². The lowest BCUT2D eigenvalue weighted by Gasteiger charge is -2.36. The van der Waals surface area contributed by atoms with Gasteiger partial charge in [-0.2, -0.15) is 5.09 Å². The van der Waals surface area contributed by atoms with Gasteiger partial charge in [0, 0.05) is 22.4 Å². The summed E-state index contributed by atoms with van der Waals surface area (Å²) in [7, 11) is -3.99. The number of hydrogen-bond donors (Lipinski definition) is 3. The van der Waals surface area contributed by atoms with Gasteiger partial charge in [-0.3, -0.25) is 13.8 Å². The van der Waals surface area contributed by atoms with E-state index in [1.807, 2.05) is 19.9 Å². The summed E-state index contributed by atoms with van der Waals surface area (Å²) in [5.74, 6) is -2.08. The Bertz CT molecular complexity index is 1040. The number of nitrogens with one attached hydrogen (secondary N) is 1. The van der Waals surface area contributed by atoms with Crippen LogP contribution >= 0.6 is 7.75 Å². The maximum absolute atomic E-state index is 13.9. The van der Waals surface area contributed by atoms with Gasteiger partial charge in [0.2, 0.25) is 0 Å². The molecule has 4 N–H and O–H groups in total. The molecule has 31 heavy (non-hydrogen) atoms. The zero-order valence-electron chi connectivity index (χ0n) is 18.2. The zero-order chi connectivity index (χ0) is 22.6. The second kappa shape index (κ2) is 7.57. The number of carbonyl (C=O) groups excluding carboxylic acids is 1. The van der Waals surface area contributed by atoms with Crippen molar-refractivity contribution in [2.75, 3.05) is 13.2 Å². The van der Waals surface area contributed by atoms with Crippen LogP contribution in [0.3, 0.4) is 0 Å². The van der Waals surface area contributed by atoms with Gasteiger partial charge in [-0.1, -0.05) is 32.1 Å². The van der Waals surface area contributed by atoms with Crippen molar-refractivity contribution >= 4 is 13.5 Å². The fraction of sp³-hybridized carbons (Fsp3) is 0.500. The number of aliphatic hydroxyl groups is 1. The van der Waals surface area contributed by atoms with Crippen LogP contribution in [-0.4, -0.2) is 29.9 Å². The Morgan fingerprint density at radius 1 is 1.29 bits per heavy atom. The van der Waals surface area contributed by atoms with Gasteiger partial charge >= 0.3 is 7.75 Å². The molecular formula is C22H29N2O6P. The van der Waals surface area contributed by atoms with Crippen molar-refractivity contribution in [3.63, 3.8) is 0 Å². The van der Waals surface area contributed by atoms with Crippen LogP contribution in [0.4, 0.5) is 0 Å². The zero-order valence-corrected chi connectivity index (χ0v) is 19.1. The van der Waals surface area contributed by atoms with Gasteiger partial charge in [0.05, 0.1) is 13.2 Å². The lowest BCUT2D eigenvalue weighted by Crippen LogP contribution is -2.59. The molecule has 1 fully saturated rings. The molecule has 0 amide bonds. The van der Waals surface area contributed by atoms with Crippen molar-refractivity contribution in [3.8, 4) is 5.75 Å². The van der Waals surface area contributed by atoms with Crippen molar-refractivity contribution in [1.82, 2.24) is 5.09 Å². The molecule has 0 radical (unpaired) electrons. The van der Waals surface area contributed by atoms with Crippen LogP contribution in [0.15, 0.2) is 41.1 Å². The summed E-state index contributed by atoms with van der Waals surface area (Å²) in [6, 6.07) is 5.40. The topological polar surface area (TPSA) is 120 Å². The average molecular weight is 448 g/mol. The van der Waals surface area contributed by atoms with E-state index in [0.717, 1.165) is 5.56 Å². The molecule has 1 heterocycles. The Morgan fingerprint density at radius 3 is 2.58 bits per heavy atom. The highest BCUT2D eigenvalue weighted by Crippen LogP contribution is 2.63. The summed E-state index contributed by atoms with van der Waals surface area (Å²) >= 11 is 0. The Kier molecular flexibility index (Phi) is 5.43. The van der Waals surface area contributed by atoms with Crippen molar-refractivity contribution in [2.24, 2.45) is 5.73 Å². The summed E-state index contributed by atoms with van der Waals surface area (Å²) in [6.07, 6.45) is 2.81. The number of hydrogen-bond acceptors (Lipinski definition) is 7. The molecule has 1 aromatic carbocycles. The first-order chi connectivity index (χ1) is 14.6. The van der Waals surface area contributed by atoms with E-state index >= 15 is 0 Å². The molecule has 1 aromatic rings. The summed E-state index contributed by atoms with van der Waals surface area (Å²) < 4.78 is 30.5. The number of ether oxygens (including phenoxy) is 1. The van der Waals surface area contributed by atoms with Gasteiger partial charge in [0.15, 0.2) is 11.3 Å². The number of nitrogens with two attached hydrogens (primary N) is 1. The number of rotatable bonds is 7. The van der Waals surface area contributed by atoms with Crippen molar-refractivity contribution in [3.05, 3.63) is 52.2 Å². The molecule has 2 unspecified atom stereocenters. The molecule has 1 saturated carbocycles. The first-order valence-electron chi connectivity index (χ1n) is 10.6. The summed E-state index contributed by atoms with van der Waals surface area (Å²) in [4.78, 5) is 13.9. The number of carbonyl (C=O) groups is 1. The average Bonchev–Trinajstić information content (AvgIpc) is 3.05. The van der Waals surface area contributed by atoms with E-state index in [1.165, 1.54) is 0 Å². The number of ketones is 1. The molecule has 8 nitrogen and oxygen atoms in total. The molecular weight excluding hydrogens is 419 g/mol. The second-order valence-corrected chi connectivity index (χ2v) is 9.97. The van der Waals surface area contributed by atoms with E-state index in [9.17, 15) is 14.5 Å². The molecule has 0 saturated heterocycles. The lowest BCUT2D eigenvalue weighted by atomic mass is 9.84. The van der Waals surface area contributed by atoms with E-state index in [0.29, 0.717) is 29.9 Å². The van der Waals surface area contributed by atoms with Gasteiger partial charge in [-0.05, 0) is 44.2 Å². The molecule has 168 valence electrons. The van der Waals surface area contributed by atoms with Crippen LogP contribution in [0, 0.1) is 0 Å². The van der Waals surface area contributed by atoms with Crippen LogP contribution in [0.25, 0.3) is 0 Å². The molecule has 3 aliphatic rings. The summed E-state index contributed by atoms with van der Waals surface area (Å²) in [5.41, 5.74) is 6.50. The lowest BCUT2D eigenvalue weighted by molar-refractivity contribution is -0.151. The predicted molar refractivity (Wildman–Crippen MR) is 115 cm³/mol. The highest BCUT2D eigenvalue weighted by molar-refractivity contribution is 7.51. The minimum absolute atomic E-state index is 0.0838. The third-order valence-corrected chi connectivity index (χ3v) is 7.84. The van der Waals surface area contributed by atoms with Crippen LogP contribution in [0.2, 0.25) is 0 Å². The van der Waals surface area contributed by atoms with Gasteiger partial charge < -0.3 is 15.6 Å². The molecule has 0 aromatic heterocycles. The highest BCUT2D eigenvalue weighted by atomic mass is 31.2. The maximum Gasteiger partial charge on any atom is 0.406 e. The van der Waals surface area contributed by atoms with Crippen LogP contribution < -0.4 is 15.6 Å². The first kappa shape index (κ1) is 22.2.